The molecule has 0 N–H and O–H groups in total. The van der Waals surface area contributed by atoms with Gasteiger partial charge in [-0.15, -0.1) is 23.5 Å². The van der Waals surface area contributed by atoms with Gasteiger partial charge in [-0.3, -0.25) is 0 Å². The Hall–Kier alpha value is 0.280. The molecule has 18 heavy (non-hydrogen) atoms. The third kappa shape index (κ3) is 5.50. The second-order valence-electron chi connectivity index (χ2n) is 3.63. The van der Waals surface area contributed by atoms with Gasteiger partial charge in [0.2, 0.25) is 0 Å². The normalized spacial score (nSPS) is 20.7. The quantitative estimate of drug-likeness (QED) is 0.734. The van der Waals surface area contributed by atoms with E-state index in [1.165, 1.54) is 9.79 Å². The van der Waals surface area contributed by atoms with Crippen LogP contribution in [0.15, 0.2) is 20.6 Å². The van der Waals surface area contributed by atoms with Gasteiger partial charge >= 0.3 is 0 Å². The fourth-order valence-corrected chi connectivity index (χ4v) is 4.64. The molecule has 3 nitrogen and oxygen atoms in total. The summed E-state index contributed by atoms with van der Waals surface area (Å²) in [6, 6.07) is 0. The summed E-state index contributed by atoms with van der Waals surface area (Å²) in [5, 5.41) is 4.43. The van der Waals surface area contributed by atoms with Crippen molar-refractivity contribution in [3.05, 3.63) is 10.8 Å². The molecule has 0 fully saturated rings. The van der Waals surface area contributed by atoms with Crippen LogP contribution in [0.4, 0.5) is 0 Å². The first-order chi connectivity index (χ1) is 8.97. The molecule has 0 radical (unpaired) electrons. The summed E-state index contributed by atoms with van der Waals surface area (Å²) in [6.45, 7) is 4.23. The maximum atomic E-state index is 5.51. The summed E-state index contributed by atoms with van der Waals surface area (Å²) < 4.78 is 16.4. The van der Waals surface area contributed by atoms with Crippen molar-refractivity contribution >= 4 is 34.9 Å². The Kier molecular flexibility index (Phi) is 7.53. The SMILES string of the molecule is c1scc2c1SCCOCCOCCOCCS2. The molecule has 0 saturated heterocycles. The number of fused-ring (bicyclic) bond motifs is 1. The van der Waals surface area contributed by atoms with Crippen molar-refractivity contribution in [1.29, 1.82) is 0 Å². The lowest BCUT2D eigenvalue weighted by atomic mass is 10.7. The van der Waals surface area contributed by atoms with Gasteiger partial charge in [-0.2, -0.15) is 11.3 Å². The zero-order chi connectivity index (χ0) is 12.5. The Balaban J connectivity index is 1.81. The molecule has 2 heterocycles. The predicted octanol–water partition coefficient (Wildman–Crippen LogP) is 3.00. The molecular formula is C12H18O3S3. The minimum absolute atomic E-state index is 0.659. The van der Waals surface area contributed by atoms with Gasteiger partial charge in [0.25, 0.3) is 0 Å². The summed E-state index contributed by atoms with van der Waals surface area (Å²) in [7, 11) is 0. The Bertz CT molecular complexity index is 302. The monoisotopic (exact) mass is 306 g/mol. The molecule has 0 spiro atoms. The van der Waals surface area contributed by atoms with E-state index in [4.69, 9.17) is 14.2 Å². The lowest BCUT2D eigenvalue weighted by molar-refractivity contribution is 0.0205. The molecule has 0 amide bonds. The largest absolute Gasteiger partial charge is 0.378 e. The van der Waals surface area contributed by atoms with E-state index in [1.54, 1.807) is 11.3 Å². The topological polar surface area (TPSA) is 27.7 Å². The van der Waals surface area contributed by atoms with E-state index < -0.39 is 0 Å². The van der Waals surface area contributed by atoms with Crippen molar-refractivity contribution in [2.45, 2.75) is 9.79 Å². The molecule has 102 valence electrons. The number of thioether (sulfide) groups is 2. The van der Waals surface area contributed by atoms with Gasteiger partial charge in [0.05, 0.1) is 39.6 Å². The van der Waals surface area contributed by atoms with Crippen LogP contribution >= 0.6 is 34.9 Å². The first-order valence-electron chi connectivity index (χ1n) is 6.02. The summed E-state index contributed by atoms with van der Waals surface area (Å²) in [6.07, 6.45) is 0. The number of rotatable bonds is 0. The van der Waals surface area contributed by atoms with Crippen LogP contribution in [0.3, 0.4) is 0 Å². The maximum absolute atomic E-state index is 5.51. The molecule has 1 aliphatic rings. The molecule has 0 unspecified atom stereocenters. The third-order valence-corrected chi connectivity index (χ3v) is 5.52. The van der Waals surface area contributed by atoms with Crippen LogP contribution in [0.25, 0.3) is 0 Å². The Morgan fingerprint density at radius 2 is 1.11 bits per heavy atom. The summed E-state index contributed by atoms with van der Waals surface area (Å²) in [4.78, 5) is 2.75. The number of thiophene rings is 1. The highest BCUT2D eigenvalue weighted by atomic mass is 32.2. The predicted molar refractivity (Wildman–Crippen MR) is 78.2 cm³/mol. The average molecular weight is 306 g/mol. The number of hydrogen-bond acceptors (Lipinski definition) is 6. The van der Waals surface area contributed by atoms with Gasteiger partial charge in [0.1, 0.15) is 0 Å². The fourth-order valence-electron chi connectivity index (χ4n) is 1.45. The first kappa shape index (κ1) is 14.7. The molecule has 0 aliphatic carbocycles. The number of ether oxygens (including phenoxy) is 3. The zero-order valence-electron chi connectivity index (χ0n) is 10.3. The highest BCUT2D eigenvalue weighted by Gasteiger charge is 2.05. The first-order valence-corrected chi connectivity index (χ1v) is 8.93. The van der Waals surface area contributed by atoms with E-state index >= 15 is 0 Å². The highest BCUT2D eigenvalue weighted by molar-refractivity contribution is 8.02. The summed E-state index contributed by atoms with van der Waals surface area (Å²) >= 11 is 5.50. The molecule has 1 aliphatic heterocycles. The lowest BCUT2D eigenvalue weighted by Crippen LogP contribution is -2.11. The van der Waals surface area contributed by atoms with Crippen molar-refractivity contribution in [3.63, 3.8) is 0 Å². The minimum Gasteiger partial charge on any atom is -0.378 e. The van der Waals surface area contributed by atoms with Gasteiger partial charge in [-0.25, -0.2) is 0 Å². The molecule has 2 rings (SSSR count). The smallest absolute Gasteiger partial charge is 0.0701 e. The molecule has 1 aromatic rings. The van der Waals surface area contributed by atoms with Gasteiger partial charge < -0.3 is 14.2 Å². The van der Waals surface area contributed by atoms with Crippen molar-refractivity contribution in [2.75, 3.05) is 51.1 Å². The van der Waals surface area contributed by atoms with Crippen LogP contribution in [0.1, 0.15) is 0 Å². The zero-order valence-corrected chi connectivity index (χ0v) is 12.7. The summed E-state index contributed by atoms with van der Waals surface area (Å²) in [5.74, 6) is 2.00. The van der Waals surface area contributed by atoms with Crippen LogP contribution < -0.4 is 0 Å². The van der Waals surface area contributed by atoms with Crippen LogP contribution in [0.2, 0.25) is 0 Å². The van der Waals surface area contributed by atoms with Crippen molar-refractivity contribution in [3.8, 4) is 0 Å². The Labute approximate surface area is 121 Å². The van der Waals surface area contributed by atoms with Gasteiger partial charge in [0.15, 0.2) is 0 Å². The highest BCUT2D eigenvalue weighted by Crippen LogP contribution is 2.34. The van der Waals surface area contributed by atoms with Crippen molar-refractivity contribution in [1.82, 2.24) is 0 Å². The lowest BCUT2D eigenvalue weighted by Gasteiger charge is -2.05. The van der Waals surface area contributed by atoms with Crippen LogP contribution in [0.5, 0.6) is 0 Å². The molecule has 1 aromatic heterocycles. The van der Waals surface area contributed by atoms with Gasteiger partial charge in [0, 0.05) is 32.1 Å². The van der Waals surface area contributed by atoms with Crippen molar-refractivity contribution < 1.29 is 14.2 Å². The van der Waals surface area contributed by atoms with E-state index in [0.717, 1.165) is 24.7 Å². The third-order valence-electron chi connectivity index (χ3n) is 2.31. The Morgan fingerprint density at radius 1 is 0.667 bits per heavy atom. The average Bonchev–Trinajstić information content (AvgIpc) is 2.81. The van der Waals surface area contributed by atoms with E-state index in [-0.39, 0.29) is 0 Å². The maximum Gasteiger partial charge on any atom is 0.0701 e. The second-order valence-corrected chi connectivity index (χ2v) is 6.65. The molecule has 0 atom stereocenters. The van der Waals surface area contributed by atoms with Crippen LogP contribution in [-0.2, 0) is 14.2 Å². The molecule has 0 saturated carbocycles. The van der Waals surface area contributed by atoms with Gasteiger partial charge in [-0.1, -0.05) is 0 Å². The van der Waals surface area contributed by atoms with E-state index in [2.05, 4.69) is 10.8 Å². The van der Waals surface area contributed by atoms with E-state index in [0.29, 0.717) is 26.4 Å². The number of hydrogen-bond donors (Lipinski definition) is 0. The van der Waals surface area contributed by atoms with Crippen LogP contribution in [-0.4, -0.2) is 51.1 Å². The molecule has 0 aromatic carbocycles. The molecule has 0 bridgehead atoms. The van der Waals surface area contributed by atoms with Crippen LogP contribution in [0, 0.1) is 0 Å². The Morgan fingerprint density at radius 3 is 1.61 bits per heavy atom. The molecule has 6 heteroatoms. The standard InChI is InChI=1S/C12H18O3S3/c1-3-14-5-7-17-11-9-16-10-12(11)18-8-6-15-4-2-13-1/h9-10H,1-8H2. The van der Waals surface area contributed by atoms with Crippen molar-refractivity contribution in [2.24, 2.45) is 0 Å². The minimum atomic E-state index is 0.659. The fraction of sp³-hybridized carbons (Fsp3) is 0.667. The van der Waals surface area contributed by atoms with E-state index in [9.17, 15) is 0 Å². The van der Waals surface area contributed by atoms with Gasteiger partial charge in [-0.05, 0) is 0 Å². The van der Waals surface area contributed by atoms with E-state index in [1.807, 2.05) is 23.5 Å². The molecular weight excluding hydrogens is 288 g/mol. The second kappa shape index (κ2) is 9.23. The summed E-state index contributed by atoms with van der Waals surface area (Å²) in [5.41, 5.74) is 0.